The average molecular weight is 182 g/mol. The summed E-state index contributed by atoms with van der Waals surface area (Å²) in [5.74, 6) is 0.486. The molecule has 2 atom stereocenters. The molecule has 1 saturated carbocycles. The lowest BCUT2D eigenvalue weighted by molar-refractivity contribution is -0.121. The van der Waals surface area contributed by atoms with E-state index in [1.807, 2.05) is 6.92 Å². The van der Waals surface area contributed by atoms with Crippen molar-refractivity contribution in [2.45, 2.75) is 39.2 Å². The molecule has 0 aromatic carbocycles. The molecule has 2 unspecified atom stereocenters. The van der Waals surface area contributed by atoms with Crippen molar-refractivity contribution in [3.8, 4) is 0 Å². The van der Waals surface area contributed by atoms with Gasteiger partial charge in [0.1, 0.15) is 5.78 Å². The zero-order valence-electron chi connectivity index (χ0n) is 8.51. The van der Waals surface area contributed by atoms with E-state index in [-0.39, 0.29) is 17.8 Å². The van der Waals surface area contributed by atoms with Crippen molar-refractivity contribution >= 4 is 5.78 Å². The molecule has 0 amide bonds. The largest absolute Gasteiger partial charge is 0.374 e. The van der Waals surface area contributed by atoms with Gasteiger partial charge in [0, 0.05) is 12.5 Å². The number of ether oxygens (including phenoxy) is 1. The van der Waals surface area contributed by atoms with Crippen LogP contribution in [0.4, 0.5) is 0 Å². The van der Waals surface area contributed by atoms with Crippen LogP contribution in [0.1, 0.15) is 33.1 Å². The Morgan fingerprint density at radius 1 is 1.62 bits per heavy atom. The summed E-state index contributed by atoms with van der Waals surface area (Å²) in [7, 11) is 0. The van der Waals surface area contributed by atoms with E-state index < -0.39 is 0 Å². The van der Waals surface area contributed by atoms with Gasteiger partial charge < -0.3 is 4.74 Å². The second-order valence-corrected chi connectivity index (χ2v) is 3.69. The first-order valence-electron chi connectivity index (χ1n) is 4.94. The number of carbonyl (C=O) groups is 1. The molecule has 0 aromatic heterocycles. The molecule has 0 bridgehead atoms. The van der Waals surface area contributed by atoms with E-state index in [1.54, 1.807) is 6.92 Å². The number of hydrogen-bond acceptors (Lipinski definition) is 2. The van der Waals surface area contributed by atoms with Crippen molar-refractivity contribution in [1.82, 2.24) is 0 Å². The molecule has 0 heterocycles. The van der Waals surface area contributed by atoms with Gasteiger partial charge in [-0.15, -0.1) is 0 Å². The third kappa shape index (κ3) is 2.66. The van der Waals surface area contributed by atoms with Gasteiger partial charge in [0.2, 0.25) is 0 Å². The number of Topliss-reactive ketones (excluding diaryl/α,β-unsaturated/α-hetero) is 1. The molecule has 13 heavy (non-hydrogen) atoms. The summed E-state index contributed by atoms with van der Waals surface area (Å²) in [5, 5.41) is 0. The first-order chi connectivity index (χ1) is 6.15. The molecule has 0 saturated heterocycles. The van der Waals surface area contributed by atoms with Gasteiger partial charge in [0.05, 0.1) is 6.10 Å². The van der Waals surface area contributed by atoms with Crippen LogP contribution in [0.2, 0.25) is 0 Å². The first-order valence-corrected chi connectivity index (χ1v) is 4.94. The lowest BCUT2D eigenvalue weighted by Crippen LogP contribution is -2.27. The molecule has 1 fully saturated rings. The Hall–Kier alpha value is -0.630. The molecule has 0 aromatic rings. The topological polar surface area (TPSA) is 26.3 Å². The Balaban J connectivity index is 2.46. The van der Waals surface area contributed by atoms with Crippen molar-refractivity contribution in [1.29, 1.82) is 0 Å². The highest BCUT2D eigenvalue weighted by Crippen LogP contribution is 2.30. The predicted octanol–water partition coefficient (Wildman–Crippen LogP) is 2.34. The van der Waals surface area contributed by atoms with E-state index in [0.29, 0.717) is 0 Å². The third-order valence-corrected chi connectivity index (χ3v) is 2.68. The molecular formula is C11H18O2. The van der Waals surface area contributed by atoms with Crippen LogP contribution in [-0.4, -0.2) is 18.5 Å². The van der Waals surface area contributed by atoms with Crippen LogP contribution in [0.25, 0.3) is 0 Å². The lowest BCUT2D eigenvalue weighted by atomic mass is 9.82. The van der Waals surface area contributed by atoms with Gasteiger partial charge in [-0.1, -0.05) is 6.58 Å². The van der Waals surface area contributed by atoms with E-state index in [0.717, 1.165) is 31.4 Å². The summed E-state index contributed by atoms with van der Waals surface area (Å²) < 4.78 is 5.51. The van der Waals surface area contributed by atoms with Gasteiger partial charge >= 0.3 is 0 Å². The Morgan fingerprint density at radius 2 is 2.31 bits per heavy atom. The maximum Gasteiger partial charge on any atom is 0.133 e. The van der Waals surface area contributed by atoms with Gasteiger partial charge in [-0.2, -0.15) is 0 Å². The van der Waals surface area contributed by atoms with Gasteiger partial charge in [-0.05, 0) is 38.7 Å². The van der Waals surface area contributed by atoms with Crippen LogP contribution >= 0.6 is 0 Å². The van der Waals surface area contributed by atoms with E-state index in [1.165, 1.54) is 0 Å². The highest BCUT2D eigenvalue weighted by atomic mass is 16.5. The smallest absolute Gasteiger partial charge is 0.133 e. The fourth-order valence-corrected chi connectivity index (χ4v) is 1.86. The predicted molar refractivity (Wildman–Crippen MR) is 52.6 cm³/mol. The molecule has 0 N–H and O–H groups in total. The molecule has 74 valence electrons. The van der Waals surface area contributed by atoms with Gasteiger partial charge in [0.15, 0.2) is 0 Å². The average Bonchev–Trinajstić information content (AvgIpc) is 2.08. The fourth-order valence-electron chi connectivity index (χ4n) is 1.86. The standard InChI is InChI=1S/C11H18O2/c1-4-13-11-6-5-10(9(3)12)7-8(11)2/h10-11H,2,4-7H2,1,3H3. The Labute approximate surface area is 80.0 Å². The Morgan fingerprint density at radius 3 is 2.77 bits per heavy atom. The van der Waals surface area contributed by atoms with Gasteiger partial charge in [0.25, 0.3) is 0 Å². The van der Waals surface area contributed by atoms with E-state index in [2.05, 4.69) is 6.58 Å². The maximum absolute atomic E-state index is 11.1. The molecule has 2 nitrogen and oxygen atoms in total. The molecule has 1 rings (SSSR count). The summed E-state index contributed by atoms with van der Waals surface area (Å²) >= 11 is 0. The monoisotopic (exact) mass is 182 g/mol. The SMILES string of the molecule is C=C1CC(C(C)=O)CCC1OCC. The van der Waals surface area contributed by atoms with Gasteiger partial charge in [-0.25, -0.2) is 0 Å². The van der Waals surface area contributed by atoms with Crippen molar-refractivity contribution in [3.63, 3.8) is 0 Å². The summed E-state index contributed by atoms with van der Waals surface area (Å²) in [5.41, 5.74) is 1.09. The van der Waals surface area contributed by atoms with Crippen LogP contribution in [0.5, 0.6) is 0 Å². The number of hydrogen-bond donors (Lipinski definition) is 0. The van der Waals surface area contributed by atoms with Crippen molar-refractivity contribution in [3.05, 3.63) is 12.2 Å². The highest BCUT2D eigenvalue weighted by molar-refractivity contribution is 5.78. The van der Waals surface area contributed by atoms with Crippen LogP contribution in [-0.2, 0) is 9.53 Å². The molecule has 1 aliphatic carbocycles. The van der Waals surface area contributed by atoms with Crippen LogP contribution in [0.15, 0.2) is 12.2 Å². The quantitative estimate of drug-likeness (QED) is 0.626. The maximum atomic E-state index is 11.1. The fraction of sp³-hybridized carbons (Fsp3) is 0.727. The summed E-state index contributed by atoms with van der Waals surface area (Å²) in [6.07, 6.45) is 2.93. The van der Waals surface area contributed by atoms with E-state index in [4.69, 9.17) is 4.74 Å². The minimum absolute atomic E-state index is 0.195. The number of carbonyl (C=O) groups excluding carboxylic acids is 1. The van der Waals surface area contributed by atoms with E-state index >= 15 is 0 Å². The van der Waals surface area contributed by atoms with Crippen molar-refractivity contribution in [2.75, 3.05) is 6.61 Å². The summed E-state index contributed by atoms with van der Waals surface area (Å²) in [6, 6.07) is 0. The van der Waals surface area contributed by atoms with Crippen LogP contribution in [0, 0.1) is 5.92 Å². The van der Waals surface area contributed by atoms with Crippen LogP contribution < -0.4 is 0 Å². The molecule has 0 spiro atoms. The number of ketones is 1. The van der Waals surface area contributed by atoms with Crippen molar-refractivity contribution in [2.24, 2.45) is 5.92 Å². The van der Waals surface area contributed by atoms with Crippen LogP contribution in [0.3, 0.4) is 0 Å². The normalized spacial score (nSPS) is 28.9. The molecule has 1 aliphatic rings. The lowest BCUT2D eigenvalue weighted by Gasteiger charge is -2.29. The van der Waals surface area contributed by atoms with E-state index in [9.17, 15) is 4.79 Å². The highest BCUT2D eigenvalue weighted by Gasteiger charge is 2.26. The minimum Gasteiger partial charge on any atom is -0.374 e. The second kappa shape index (κ2) is 4.56. The molecule has 0 aliphatic heterocycles. The second-order valence-electron chi connectivity index (χ2n) is 3.69. The third-order valence-electron chi connectivity index (χ3n) is 2.68. The first kappa shape index (κ1) is 10.5. The summed E-state index contributed by atoms with van der Waals surface area (Å²) in [6.45, 7) is 8.36. The van der Waals surface area contributed by atoms with Crippen molar-refractivity contribution < 1.29 is 9.53 Å². The minimum atomic E-state index is 0.195. The molecular weight excluding hydrogens is 164 g/mol. The zero-order chi connectivity index (χ0) is 9.84. The number of rotatable bonds is 3. The molecule has 0 radical (unpaired) electrons. The molecule has 2 heteroatoms. The zero-order valence-corrected chi connectivity index (χ0v) is 8.51. The van der Waals surface area contributed by atoms with Gasteiger partial charge in [-0.3, -0.25) is 4.79 Å². The Bertz CT molecular complexity index is 208. The Kier molecular flexibility index (Phi) is 3.67. The summed E-state index contributed by atoms with van der Waals surface area (Å²) in [4.78, 5) is 11.1.